The van der Waals surface area contributed by atoms with Crippen LogP contribution in [0.15, 0.2) is 24.3 Å². The van der Waals surface area contributed by atoms with Crippen LogP contribution in [0.5, 0.6) is 0 Å². The maximum Gasteiger partial charge on any atom is 0.0772 e. The second-order valence-corrected chi connectivity index (χ2v) is 6.06. The SMILES string of the molecule is CCNC(CC)c1ccccc1N1CCC(C)C(OC)C1. The zero-order valence-corrected chi connectivity index (χ0v) is 13.9. The average molecular weight is 290 g/mol. The van der Waals surface area contributed by atoms with E-state index in [1.807, 2.05) is 7.11 Å². The van der Waals surface area contributed by atoms with Gasteiger partial charge in [0.15, 0.2) is 0 Å². The molecule has 0 radical (unpaired) electrons. The molecule has 0 amide bonds. The normalized spacial score (nSPS) is 24.1. The van der Waals surface area contributed by atoms with Crippen LogP contribution in [0.2, 0.25) is 0 Å². The molecule has 0 aliphatic carbocycles. The number of nitrogens with zero attached hydrogens (tertiary/aromatic N) is 1. The minimum absolute atomic E-state index is 0.339. The molecule has 0 aromatic heterocycles. The Balaban J connectivity index is 2.23. The fourth-order valence-corrected chi connectivity index (χ4v) is 3.35. The Hall–Kier alpha value is -1.06. The third-order valence-corrected chi connectivity index (χ3v) is 4.70. The van der Waals surface area contributed by atoms with Gasteiger partial charge in [0.05, 0.1) is 6.10 Å². The highest BCUT2D eigenvalue weighted by Crippen LogP contribution is 2.31. The molecule has 0 spiro atoms. The summed E-state index contributed by atoms with van der Waals surface area (Å²) in [4.78, 5) is 2.50. The van der Waals surface area contributed by atoms with Gasteiger partial charge in [-0.25, -0.2) is 0 Å². The average Bonchev–Trinajstić information content (AvgIpc) is 2.53. The van der Waals surface area contributed by atoms with Gasteiger partial charge >= 0.3 is 0 Å². The Bertz CT molecular complexity index is 435. The van der Waals surface area contributed by atoms with Crippen molar-refractivity contribution in [1.82, 2.24) is 5.32 Å². The number of para-hydroxylation sites is 1. The summed E-state index contributed by atoms with van der Waals surface area (Å²) < 4.78 is 5.67. The number of methoxy groups -OCH3 is 1. The number of benzene rings is 1. The molecular formula is C18H30N2O. The lowest BCUT2D eigenvalue weighted by Gasteiger charge is -2.39. The molecule has 3 atom stereocenters. The molecule has 1 aromatic carbocycles. The second kappa shape index (κ2) is 7.81. The van der Waals surface area contributed by atoms with Crippen LogP contribution in [0.3, 0.4) is 0 Å². The lowest BCUT2D eigenvalue weighted by atomic mass is 9.93. The smallest absolute Gasteiger partial charge is 0.0772 e. The Morgan fingerprint density at radius 1 is 1.33 bits per heavy atom. The molecule has 1 aromatic rings. The van der Waals surface area contributed by atoms with E-state index in [2.05, 4.69) is 55.3 Å². The topological polar surface area (TPSA) is 24.5 Å². The number of rotatable bonds is 6. The van der Waals surface area contributed by atoms with Crippen molar-refractivity contribution in [3.05, 3.63) is 29.8 Å². The predicted octanol–water partition coefficient (Wildman–Crippen LogP) is 3.61. The van der Waals surface area contributed by atoms with Crippen LogP contribution in [0.25, 0.3) is 0 Å². The molecule has 1 fully saturated rings. The summed E-state index contributed by atoms with van der Waals surface area (Å²) in [5, 5.41) is 3.60. The van der Waals surface area contributed by atoms with Crippen LogP contribution >= 0.6 is 0 Å². The molecule has 1 N–H and O–H groups in total. The van der Waals surface area contributed by atoms with E-state index in [1.165, 1.54) is 17.7 Å². The lowest BCUT2D eigenvalue weighted by molar-refractivity contribution is 0.0498. The van der Waals surface area contributed by atoms with Crippen molar-refractivity contribution in [2.75, 3.05) is 31.6 Å². The lowest BCUT2D eigenvalue weighted by Crippen LogP contribution is -2.44. The van der Waals surface area contributed by atoms with Gasteiger partial charge in [0.1, 0.15) is 0 Å². The molecule has 21 heavy (non-hydrogen) atoms. The number of nitrogens with one attached hydrogen (secondary N) is 1. The van der Waals surface area contributed by atoms with Gasteiger partial charge in [0.25, 0.3) is 0 Å². The quantitative estimate of drug-likeness (QED) is 0.866. The third kappa shape index (κ3) is 3.78. The van der Waals surface area contributed by atoms with Crippen molar-refractivity contribution in [2.24, 2.45) is 5.92 Å². The van der Waals surface area contributed by atoms with E-state index < -0.39 is 0 Å². The van der Waals surface area contributed by atoms with Crippen molar-refractivity contribution in [3.63, 3.8) is 0 Å². The van der Waals surface area contributed by atoms with Gasteiger partial charge in [0.2, 0.25) is 0 Å². The fraction of sp³-hybridized carbons (Fsp3) is 0.667. The van der Waals surface area contributed by atoms with E-state index in [0.29, 0.717) is 18.1 Å². The molecule has 118 valence electrons. The summed E-state index contributed by atoms with van der Waals surface area (Å²) >= 11 is 0. The largest absolute Gasteiger partial charge is 0.379 e. The first-order chi connectivity index (χ1) is 10.2. The Morgan fingerprint density at radius 3 is 2.76 bits per heavy atom. The summed E-state index contributed by atoms with van der Waals surface area (Å²) in [6, 6.07) is 9.27. The van der Waals surface area contributed by atoms with Crippen LogP contribution in [0, 0.1) is 5.92 Å². The Labute approximate surface area is 129 Å². The summed E-state index contributed by atoms with van der Waals surface area (Å²) in [6.07, 6.45) is 2.65. The van der Waals surface area contributed by atoms with E-state index in [0.717, 1.165) is 26.1 Å². The highest BCUT2D eigenvalue weighted by atomic mass is 16.5. The van der Waals surface area contributed by atoms with Crippen molar-refractivity contribution in [2.45, 2.75) is 45.8 Å². The molecule has 3 heteroatoms. The highest BCUT2D eigenvalue weighted by molar-refractivity contribution is 5.55. The number of anilines is 1. The summed E-state index contributed by atoms with van der Waals surface area (Å²) in [6.45, 7) is 9.85. The van der Waals surface area contributed by atoms with Gasteiger partial charge < -0.3 is 15.0 Å². The highest BCUT2D eigenvalue weighted by Gasteiger charge is 2.27. The number of hydrogen-bond donors (Lipinski definition) is 1. The van der Waals surface area contributed by atoms with Crippen molar-refractivity contribution >= 4 is 5.69 Å². The molecule has 0 saturated carbocycles. The Kier molecular flexibility index (Phi) is 6.07. The zero-order chi connectivity index (χ0) is 15.2. The summed E-state index contributed by atoms with van der Waals surface area (Å²) in [7, 11) is 1.84. The monoisotopic (exact) mass is 290 g/mol. The summed E-state index contributed by atoms with van der Waals surface area (Å²) in [5.41, 5.74) is 2.80. The van der Waals surface area contributed by atoms with Gasteiger partial charge in [0, 0.05) is 31.9 Å². The van der Waals surface area contributed by atoms with E-state index in [-0.39, 0.29) is 0 Å². The third-order valence-electron chi connectivity index (χ3n) is 4.70. The van der Waals surface area contributed by atoms with Gasteiger partial charge in [-0.05, 0) is 36.9 Å². The Morgan fingerprint density at radius 2 is 2.10 bits per heavy atom. The molecule has 1 aliphatic heterocycles. The first-order valence-corrected chi connectivity index (χ1v) is 8.31. The minimum atomic E-state index is 0.339. The van der Waals surface area contributed by atoms with Gasteiger partial charge in [-0.3, -0.25) is 0 Å². The van der Waals surface area contributed by atoms with E-state index >= 15 is 0 Å². The minimum Gasteiger partial charge on any atom is -0.379 e. The standard InChI is InChI=1S/C18H30N2O/c1-5-16(19-6-2)15-9-7-8-10-17(15)20-12-11-14(3)18(13-20)21-4/h7-10,14,16,18-19H,5-6,11-13H2,1-4H3. The van der Waals surface area contributed by atoms with Gasteiger partial charge in [-0.15, -0.1) is 0 Å². The second-order valence-electron chi connectivity index (χ2n) is 6.06. The van der Waals surface area contributed by atoms with E-state index in [1.54, 1.807) is 0 Å². The van der Waals surface area contributed by atoms with Crippen molar-refractivity contribution in [3.8, 4) is 0 Å². The number of hydrogen-bond acceptors (Lipinski definition) is 3. The van der Waals surface area contributed by atoms with Crippen LogP contribution in [-0.2, 0) is 4.74 Å². The molecule has 2 rings (SSSR count). The molecule has 1 aliphatic rings. The van der Waals surface area contributed by atoms with Crippen LogP contribution in [-0.4, -0.2) is 32.8 Å². The molecule has 1 heterocycles. The molecule has 3 nitrogen and oxygen atoms in total. The zero-order valence-electron chi connectivity index (χ0n) is 13.9. The van der Waals surface area contributed by atoms with Crippen LogP contribution in [0.1, 0.15) is 45.2 Å². The first kappa shape index (κ1) is 16.3. The molecule has 0 bridgehead atoms. The van der Waals surface area contributed by atoms with E-state index in [9.17, 15) is 0 Å². The van der Waals surface area contributed by atoms with Crippen molar-refractivity contribution < 1.29 is 4.74 Å². The van der Waals surface area contributed by atoms with Crippen molar-refractivity contribution in [1.29, 1.82) is 0 Å². The maximum atomic E-state index is 5.67. The molecule has 1 saturated heterocycles. The van der Waals surface area contributed by atoms with Gasteiger partial charge in [-0.2, -0.15) is 0 Å². The fourth-order valence-electron chi connectivity index (χ4n) is 3.35. The number of piperidine rings is 1. The van der Waals surface area contributed by atoms with Crippen LogP contribution < -0.4 is 10.2 Å². The van der Waals surface area contributed by atoms with Crippen LogP contribution in [0.4, 0.5) is 5.69 Å². The van der Waals surface area contributed by atoms with E-state index in [4.69, 9.17) is 4.74 Å². The maximum absolute atomic E-state index is 5.67. The predicted molar refractivity (Wildman–Crippen MR) is 89.9 cm³/mol. The molecule has 3 unspecified atom stereocenters. The number of ether oxygens (including phenoxy) is 1. The van der Waals surface area contributed by atoms with Gasteiger partial charge in [-0.1, -0.05) is 39.0 Å². The molecular weight excluding hydrogens is 260 g/mol. The summed E-state index contributed by atoms with van der Waals surface area (Å²) in [5.74, 6) is 0.647. The first-order valence-electron chi connectivity index (χ1n) is 8.31.